The molecule has 0 bridgehead atoms. The molecule has 1 aliphatic rings. The lowest BCUT2D eigenvalue weighted by atomic mass is 9.99. The van der Waals surface area contributed by atoms with Gasteiger partial charge in [0, 0.05) is 6.42 Å². The highest BCUT2D eigenvalue weighted by Gasteiger charge is 2.44. The smallest absolute Gasteiger partial charge is 0.220 e. The number of hydrogen-bond acceptors (Lipinski definition) is 8. The van der Waals surface area contributed by atoms with Crippen molar-refractivity contribution in [1.29, 1.82) is 0 Å². The van der Waals surface area contributed by atoms with Gasteiger partial charge in [-0.3, -0.25) is 4.79 Å². The number of allylic oxidation sites excluding steroid dienone is 3. The molecule has 7 atom stereocenters. The average molecular weight is 1020 g/mol. The van der Waals surface area contributed by atoms with Crippen molar-refractivity contribution in [2.45, 2.75) is 358 Å². The van der Waals surface area contributed by atoms with Crippen molar-refractivity contribution in [3.63, 3.8) is 0 Å². The molecule has 1 fully saturated rings. The van der Waals surface area contributed by atoms with Crippen molar-refractivity contribution in [2.24, 2.45) is 0 Å². The van der Waals surface area contributed by atoms with Crippen LogP contribution in [0.1, 0.15) is 316 Å². The van der Waals surface area contributed by atoms with Crippen LogP contribution in [0.15, 0.2) is 24.3 Å². The Labute approximate surface area is 445 Å². The van der Waals surface area contributed by atoms with Crippen LogP contribution in [-0.4, -0.2) is 87.5 Å². The van der Waals surface area contributed by atoms with E-state index in [0.717, 1.165) is 38.5 Å². The Morgan fingerprint density at radius 3 is 1.12 bits per heavy atom. The van der Waals surface area contributed by atoms with E-state index in [9.17, 15) is 30.3 Å². The Hall–Kier alpha value is -1.33. The second kappa shape index (κ2) is 53.1. The molecule has 0 aromatic rings. The number of carbonyl (C=O) groups excluding carboxylic acids is 1. The van der Waals surface area contributed by atoms with Gasteiger partial charge in [0.1, 0.15) is 24.4 Å². The lowest BCUT2D eigenvalue weighted by molar-refractivity contribution is -0.302. The van der Waals surface area contributed by atoms with Crippen LogP contribution in [0.4, 0.5) is 0 Å². The summed E-state index contributed by atoms with van der Waals surface area (Å²) < 4.78 is 11.3. The summed E-state index contributed by atoms with van der Waals surface area (Å²) in [6.07, 6.45) is 61.1. The largest absolute Gasteiger partial charge is 0.394 e. The molecule has 0 aromatic carbocycles. The highest BCUT2D eigenvalue weighted by Crippen LogP contribution is 2.23. The number of ether oxygens (including phenoxy) is 2. The highest BCUT2D eigenvalue weighted by atomic mass is 16.7. The monoisotopic (exact) mass is 1020 g/mol. The van der Waals surface area contributed by atoms with E-state index in [1.165, 1.54) is 257 Å². The predicted molar refractivity (Wildman–Crippen MR) is 304 cm³/mol. The van der Waals surface area contributed by atoms with E-state index in [1.54, 1.807) is 6.08 Å². The zero-order chi connectivity index (χ0) is 52.2. The van der Waals surface area contributed by atoms with Gasteiger partial charge in [-0.15, -0.1) is 0 Å². The molecule has 0 radical (unpaired) electrons. The van der Waals surface area contributed by atoms with E-state index < -0.39 is 49.5 Å². The SMILES string of the molecule is CCCCCCCCCC/C=C\CCCCCCCCCCCCCC(=O)NC(COC1OC(CO)C(O)C(O)C1O)C(O)/C=C/CCCCCCCCCCCCCCCCCCCCCCCCCC. The third-order valence-corrected chi connectivity index (χ3v) is 15.3. The molecule has 1 rings (SSSR count). The van der Waals surface area contributed by atoms with Gasteiger partial charge in [0.2, 0.25) is 5.91 Å². The first-order chi connectivity index (χ1) is 35.3. The van der Waals surface area contributed by atoms with Crippen molar-refractivity contribution >= 4 is 5.91 Å². The topological polar surface area (TPSA) is 149 Å². The Balaban J connectivity index is 2.18. The van der Waals surface area contributed by atoms with Gasteiger partial charge in [0.25, 0.3) is 0 Å². The number of amides is 1. The van der Waals surface area contributed by atoms with Crippen LogP contribution < -0.4 is 5.32 Å². The van der Waals surface area contributed by atoms with Crippen LogP contribution in [0.25, 0.3) is 0 Å². The van der Waals surface area contributed by atoms with Gasteiger partial charge < -0.3 is 40.3 Å². The second-order valence-corrected chi connectivity index (χ2v) is 22.2. The summed E-state index contributed by atoms with van der Waals surface area (Å²) in [5.74, 6) is -0.172. The average Bonchev–Trinajstić information content (AvgIpc) is 3.38. The summed E-state index contributed by atoms with van der Waals surface area (Å²) >= 11 is 0. The predicted octanol–water partition coefficient (Wildman–Crippen LogP) is 16.1. The minimum Gasteiger partial charge on any atom is -0.394 e. The van der Waals surface area contributed by atoms with Gasteiger partial charge in [-0.2, -0.15) is 0 Å². The normalized spacial score (nSPS) is 19.2. The first kappa shape index (κ1) is 68.7. The maximum atomic E-state index is 13.1. The van der Waals surface area contributed by atoms with Gasteiger partial charge in [-0.25, -0.2) is 0 Å². The fourth-order valence-electron chi connectivity index (χ4n) is 10.3. The Morgan fingerprint density at radius 2 is 0.778 bits per heavy atom. The molecule has 0 saturated carbocycles. The molecule has 426 valence electrons. The standard InChI is InChI=1S/C63H121NO8/c1-3-5-7-9-11-13-15-17-19-21-23-25-27-28-29-31-32-34-36-38-40-42-44-46-48-50-52-57(66)56(55-71-63-62(70)61(69)60(68)58(54-65)72-63)64-59(67)53-51-49-47-45-43-41-39-37-35-33-30-26-24-22-20-18-16-14-12-10-8-6-4-2/h22,24,50,52,56-58,60-63,65-66,68-70H,3-21,23,25-49,51,53-55H2,1-2H3,(H,64,67)/b24-22-,52-50+. The van der Waals surface area contributed by atoms with E-state index in [4.69, 9.17) is 9.47 Å². The Kier molecular flexibility index (Phi) is 50.6. The quantitative estimate of drug-likeness (QED) is 0.0261. The van der Waals surface area contributed by atoms with Crippen LogP contribution in [-0.2, 0) is 14.3 Å². The molecule has 0 aromatic heterocycles. The van der Waals surface area contributed by atoms with E-state index in [0.29, 0.717) is 6.42 Å². The van der Waals surface area contributed by atoms with Gasteiger partial charge in [0.05, 0.1) is 25.4 Å². The number of aliphatic hydroxyl groups is 5. The van der Waals surface area contributed by atoms with Gasteiger partial charge >= 0.3 is 0 Å². The van der Waals surface area contributed by atoms with E-state index in [1.807, 2.05) is 6.08 Å². The van der Waals surface area contributed by atoms with Crippen molar-refractivity contribution < 1.29 is 39.8 Å². The third kappa shape index (κ3) is 41.9. The highest BCUT2D eigenvalue weighted by molar-refractivity contribution is 5.76. The zero-order valence-corrected chi connectivity index (χ0v) is 47.5. The van der Waals surface area contributed by atoms with E-state index >= 15 is 0 Å². The lowest BCUT2D eigenvalue weighted by Crippen LogP contribution is -2.60. The molecule has 1 aliphatic heterocycles. The van der Waals surface area contributed by atoms with Gasteiger partial charge in [-0.05, 0) is 44.9 Å². The van der Waals surface area contributed by atoms with Gasteiger partial charge in [0.15, 0.2) is 6.29 Å². The molecule has 0 spiro atoms. The molecule has 1 amide bonds. The summed E-state index contributed by atoms with van der Waals surface area (Å²) in [4.78, 5) is 13.1. The number of hydrogen-bond donors (Lipinski definition) is 6. The maximum absolute atomic E-state index is 13.1. The summed E-state index contributed by atoms with van der Waals surface area (Å²) in [6.45, 7) is 3.82. The number of nitrogens with one attached hydrogen (secondary N) is 1. The molecular weight excluding hydrogens is 899 g/mol. The first-order valence-corrected chi connectivity index (χ1v) is 31.6. The summed E-state index contributed by atoms with van der Waals surface area (Å²) in [5.41, 5.74) is 0. The summed E-state index contributed by atoms with van der Waals surface area (Å²) in [6, 6.07) is -0.804. The van der Waals surface area contributed by atoms with Crippen molar-refractivity contribution in [1.82, 2.24) is 5.32 Å². The van der Waals surface area contributed by atoms with Crippen molar-refractivity contribution in [3.05, 3.63) is 24.3 Å². The second-order valence-electron chi connectivity index (χ2n) is 22.2. The molecule has 1 saturated heterocycles. The lowest BCUT2D eigenvalue weighted by Gasteiger charge is -2.40. The van der Waals surface area contributed by atoms with Crippen molar-refractivity contribution in [3.8, 4) is 0 Å². The summed E-state index contributed by atoms with van der Waals surface area (Å²) in [7, 11) is 0. The number of rotatable bonds is 55. The molecule has 7 unspecified atom stereocenters. The minimum absolute atomic E-state index is 0.172. The first-order valence-electron chi connectivity index (χ1n) is 31.6. The van der Waals surface area contributed by atoms with Crippen LogP contribution in [0.2, 0.25) is 0 Å². The minimum atomic E-state index is -1.57. The number of aliphatic hydroxyl groups excluding tert-OH is 5. The molecule has 0 aliphatic carbocycles. The third-order valence-electron chi connectivity index (χ3n) is 15.3. The van der Waals surface area contributed by atoms with Crippen LogP contribution in [0.5, 0.6) is 0 Å². The Bertz CT molecular complexity index is 1180. The van der Waals surface area contributed by atoms with Crippen molar-refractivity contribution in [2.75, 3.05) is 13.2 Å². The fraction of sp³-hybridized carbons (Fsp3) is 0.921. The zero-order valence-electron chi connectivity index (χ0n) is 47.5. The van der Waals surface area contributed by atoms with Crippen LogP contribution in [0.3, 0.4) is 0 Å². The van der Waals surface area contributed by atoms with E-state index in [2.05, 4.69) is 31.3 Å². The Morgan fingerprint density at radius 1 is 0.458 bits per heavy atom. The fourth-order valence-corrected chi connectivity index (χ4v) is 10.3. The van der Waals surface area contributed by atoms with E-state index in [-0.39, 0.29) is 12.5 Å². The molecule has 9 nitrogen and oxygen atoms in total. The molecular formula is C63H121NO8. The molecule has 72 heavy (non-hydrogen) atoms. The van der Waals surface area contributed by atoms with Crippen LogP contribution in [0, 0.1) is 0 Å². The molecule has 9 heteroatoms. The summed E-state index contributed by atoms with van der Waals surface area (Å²) in [5, 5.41) is 54.6. The molecule has 6 N–H and O–H groups in total. The number of carbonyl (C=O) groups is 1. The maximum Gasteiger partial charge on any atom is 0.220 e. The molecule has 1 heterocycles. The van der Waals surface area contributed by atoms with Crippen LogP contribution >= 0.6 is 0 Å². The van der Waals surface area contributed by atoms with Gasteiger partial charge in [-0.1, -0.05) is 289 Å². The number of unbranched alkanes of at least 4 members (excludes halogenated alkanes) is 43.